The Bertz CT molecular complexity index is 152. The van der Waals surface area contributed by atoms with Gasteiger partial charge in [-0.05, 0) is 25.1 Å². The molecule has 90 valence electrons. The van der Waals surface area contributed by atoms with Crippen molar-refractivity contribution in [3.63, 3.8) is 0 Å². The number of nitrogens with one attached hydrogen (secondary N) is 1. The number of hydrogen-bond acceptors (Lipinski definition) is 4. The van der Waals surface area contributed by atoms with Crippen LogP contribution in [-0.2, 0) is 4.74 Å². The van der Waals surface area contributed by atoms with E-state index in [2.05, 4.69) is 12.2 Å². The van der Waals surface area contributed by atoms with Gasteiger partial charge in [0.1, 0.15) is 0 Å². The van der Waals surface area contributed by atoms with E-state index in [0.29, 0.717) is 18.6 Å². The number of thioether (sulfide) groups is 1. The number of aliphatic hydroxyl groups is 1. The minimum Gasteiger partial charge on any atom is -0.396 e. The first-order valence-corrected chi connectivity index (χ1v) is 7.03. The van der Waals surface area contributed by atoms with E-state index < -0.39 is 0 Å². The van der Waals surface area contributed by atoms with Crippen molar-refractivity contribution in [3.8, 4) is 0 Å². The predicted octanol–water partition coefficient (Wildman–Crippen LogP) is 1.12. The first-order chi connectivity index (χ1) is 7.38. The summed E-state index contributed by atoms with van der Waals surface area (Å²) < 4.78 is 5.42. The lowest BCUT2D eigenvalue weighted by Gasteiger charge is -2.22. The molecule has 1 aliphatic heterocycles. The van der Waals surface area contributed by atoms with Crippen LogP contribution in [0.15, 0.2) is 0 Å². The van der Waals surface area contributed by atoms with Crippen LogP contribution >= 0.6 is 11.8 Å². The molecule has 0 aliphatic carbocycles. The fourth-order valence-corrected chi connectivity index (χ4v) is 3.01. The minimum absolute atomic E-state index is 0.311. The average Bonchev–Trinajstić information content (AvgIpc) is 2.76. The third-order valence-corrected chi connectivity index (χ3v) is 3.92. The van der Waals surface area contributed by atoms with Crippen molar-refractivity contribution in [2.24, 2.45) is 5.92 Å². The van der Waals surface area contributed by atoms with Crippen molar-refractivity contribution >= 4 is 11.8 Å². The van der Waals surface area contributed by atoms with Gasteiger partial charge in [-0.25, -0.2) is 0 Å². The van der Waals surface area contributed by atoms with E-state index in [-0.39, 0.29) is 0 Å². The molecule has 4 heteroatoms. The Balaban J connectivity index is 2.17. The molecule has 0 bridgehead atoms. The summed E-state index contributed by atoms with van der Waals surface area (Å²) in [6.45, 7) is 5.33. The quantitative estimate of drug-likeness (QED) is 0.616. The third kappa shape index (κ3) is 5.20. The van der Waals surface area contributed by atoms with Gasteiger partial charge < -0.3 is 15.2 Å². The van der Waals surface area contributed by atoms with Gasteiger partial charge >= 0.3 is 0 Å². The number of ether oxygens (including phenoxy) is 1. The van der Waals surface area contributed by atoms with Crippen molar-refractivity contribution in [1.29, 1.82) is 0 Å². The van der Waals surface area contributed by atoms with Crippen LogP contribution in [0, 0.1) is 5.92 Å². The molecular weight excluding hydrogens is 210 g/mol. The first kappa shape index (κ1) is 13.3. The molecule has 0 aromatic carbocycles. The molecule has 0 aromatic rings. The number of rotatable bonds is 8. The van der Waals surface area contributed by atoms with Crippen LogP contribution in [-0.4, -0.2) is 49.0 Å². The molecule has 2 atom stereocenters. The lowest BCUT2D eigenvalue weighted by Crippen LogP contribution is -2.38. The Labute approximate surface area is 97.0 Å². The molecule has 0 aromatic heterocycles. The Morgan fingerprint density at radius 3 is 3.07 bits per heavy atom. The molecule has 1 rings (SSSR count). The van der Waals surface area contributed by atoms with Gasteiger partial charge in [0.15, 0.2) is 0 Å². The zero-order valence-corrected chi connectivity index (χ0v) is 10.4. The molecule has 0 radical (unpaired) electrons. The van der Waals surface area contributed by atoms with Crippen LogP contribution in [0.2, 0.25) is 0 Å². The second-order valence-electron chi connectivity index (χ2n) is 3.94. The second-order valence-corrected chi connectivity index (χ2v) is 5.09. The van der Waals surface area contributed by atoms with Gasteiger partial charge in [0, 0.05) is 30.9 Å². The maximum Gasteiger partial charge on any atom is 0.0510 e. The summed E-state index contributed by atoms with van der Waals surface area (Å²) in [5.74, 6) is 2.89. The molecule has 0 amide bonds. The van der Waals surface area contributed by atoms with E-state index >= 15 is 0 Å². The van der Waals surface area contributed by atoms with Gasteiger partial charge in [0.25, 0.3) is 0 Å². The highest BCUT2D eigenvalue weighted by Gasteiger charge is 2.24. The van der Waals surface area contributed by atoms with Crippen LogP contribution in [0.5, 0.6) is 0 Å². The average molecular weight is 233 g/mol. The van der Waals surface area contributed by atoms with Crippen molar-refractivity contribution < 1.29 is 9.84 Å². The molecule has 1 saturated heterocycles. The zero-order chi connectivity index (χ0) is 10.9. The van der Waals surface area contributed by atoms with Gasteiger partial charge in [0.05, 0.1) is 6.61 Å². The highest BCUT2D eigenvalue weighted by Crippen LogP contribution is 2.20. The summed E-state index contributed by atoms with van der Waals surface area (Å²) in [6.07, 6.45) is 2.10. The van der Waals surface area contributed by atoms with E-state index in [9.17, 15) is 0 Å². The van der Waals surface area contributed by atoms with E-state index in [4.69, 9.17) is 9.84 Å². The molecule has 0 spiro atoms. The van der Waals surface area contributed by atoms with Crippen LogP contribution in [0.4, 0.5) is 0 Å². The highest BCUT2D eigenvalue weighted by atomic mass is 32.2. The number of hydrogen-bond donors (Lipinski definition) is 2. The summed E-state index contributed by atoms with van der Waals surface area (Å²) in [7, 11) is 0. The van der Waals surface area contributed by atoms with Crippen LogP contribution in [0.25, 0.3) is 0 Å². The van der Waals surface area contributed by atoms with E-state index in [1.807, 2.05) is 11.8 Å². The SMILES string of the molecule is CCNC(CSCCCO)C1CCOC1. The van der Waals surface area contributed by atoms with Crippen molar-refractivity contribution in [2.75, 3.05) is 37.9 Å². The molecule has 2 unspecified atom stereocenters. The van der Waals surface area contributed by atoms with Gasteiger partial charge in [-0.15, -0.1) is 0 Å². The summed E-state index contributed by atoms with van der Waals surface area (Å²) >= 11 is 1.93. The molecule has 1 heterocycles. The maximum absolute atomic E-state index is 8.70. The van der Waals surface area contributed by atoms with E-state index in [0.717, 1.165) is 37.7 Å². The van der Waals surface area contributed by atoms with Gasteiger partial charge in [-0.1, -0.05) is 6.92 Å². The van der Waals surface area contributed by atoms with Crippen molar-refractivity contribution in [3.05, 3.63) is 0 Å². The van der Waals surface area contributed by atoms with Gasteiger partial charge in [-0.2, -0.15) is 11.8 Å². The zero-order valence-electron chi connectivity index (χ0n) is 9.58. The summed E-state index contributed by atoms with van der Waals surface area (Å²) in [5.41, 5.74) is 0. The van der Waals surface area contributed by atoms with Crippen LogP contribution in [0.3, 0.4) is 0 Å². The fourth-order valence-electron chi connectivity index (χ4n) is 1.87. The van der Waals surface area contributed by atoms with Crippen LogP contribution < -0.4 is 5.32 Å². The molecule has 1 fully saturated rings. The molecular formula is C11H23NO2S. The molecule has 3 nitrogen and oxygen atoms in total. The smallest absolute Gasteiger partial charge is 0.0510 e. The van der Waals surface area contributed by atoms with Crippen molar-refractivity contribution in [2.45, 2.75) is 25.8 Å². The Kier molecular flexibility index (Phi) is 7.44. The summed E-state index contributed by atoms with van der Waals surface area (Å²) in [6, 6.07) is 0.584. The fraction of sp³-hybridized carbons (Fsp3) is 1.00. The Morgan fingerprint density at radius 2 is 2.47 bits per heavy atom. The minimum atomic E-state index is 0.311. The highest BCUT2D eigenvalue weighted by molar-refractivity contribution is 7.99. The third-order valence-electron chi connectivity index (χ3n) is 2.74. The van der Waals surface area contributed by atoms with Crippen molar-refractivity contribution in [1.82, 2.24) is 5.32 Å². The predicted molar refractivity (Wildman–Crippen MR) is 65.4 cm³/mol. The lowest BCUT2D eigenvalue weighted by molar-refractivity contribution is 0.179. The molecule has 1 aliphatic rings. The summed E-state index contributed by atoms with van der Waals surface area (Å²) in [5, 5.41) is 12.2. The second kappa shape index (κ2) is 8.39. The monoisotopic (exact) mass is 233 g/mol. The van der Waals surface area contributed by atoms with Gasteiger partial charge in [0.2, 0.25) is 0 Å². The molecule has 15 heavy (non-hydrogen) atoms. The van der Waals surface area contributed by atoms with E-state index in [1.54, 1.807) is 0 Å². The largest absolute Gasteiger partial charge is 0.396 e. The normalized spacial score (nSPS) is 23.2. The topological polar surface area (TPSA) is 41.5 Å². The van der Waals surface area contributed by atoms with Gasteiger partial charge in [-0.3, -0.25) is 0 Å². The first-order valence-electron chi connectivity index (χ1n) is 5.88. The molecule has 0 saturated carbocycles. The lowest BCUT2D eigenvalue weighted by atomic mass is 10.0. The Hall–Kier alpha value is 0.230. The van der Waals surface area contributed by atoms with E-state index in [1.165, 1.54) is 6.42 Å². The van der Waals surface area contributed by atoms with Crippen LogP contribution in [0.1, 0.15) is 19.8 Å². The standard InChI is InChI=1S/C11H23NO2S/c1-2-12-11(9-15-7-3-5-13)10-4-6-14-8-10/h10-13H,2-9H2,1H3. The molecule has 2 N–H and O–H groups in total. The Morgan fingerprint density at radius 1 is 1.60 bits per heavy atom. The number of aliphatic hydroxyl groups excluding tert-OH is 1. The maximum atomic E-state index is 8.70. The summed E-state index contributed by atoms with van der Waals surface area (Å²) in [4.78, 5) is 0.